The highest BCUT2D eigenvalue weighted by Gasteiger charge is 2.44. The van der Waals surface area contributed by atoms with Crippen LogP contribution in [0.1, 0.15) is 5.56 Å². The summed E-state index contributed by atoms with van der Waals surface area (Å²) in [5, 5.41) is 0. The Bertz CT molecular complexity index is 996. The number of hydrogen-bond acceptors (Lipinski definition) is 5. The van der Waals surface area contributed by atoms with Crippen LogP contribution in [0.3, 0.4) is 0 Å². The van der Waals surface area contributed by atoms with Gasteiger partial charge in [0.1, 0.15) is 5.82 Å². The Morgan fingerprint density at radius 1 is 1.21 bits per heavy atom. The summed E-state index contributed by atoms with van der Waals surface area (Å²) < 4.78 is 14.8. The number of nitrogens with zero attached hydrogens (tertiary/aromatic N) is 4. The largest absolute Gasteiger partial charge is 0.323 e. The minimum absolute atomic E-state index is 0.150. The summed E-state index contributed by atoms with van der Waals surface area (Å²) in [7, 11) is 3.35. The lowest BCUT2D eigenvalue weighted by molar-refractivity contribution is 0.200. The number of fused-ring (bicyclic) bond motifs is 2. The van der Waals surface area contributed by atoms with E-state index in [0.717, 1.165) is 5.56 Å². The van der Waals surface area contributed by atoms with E-state index in [2.05, 4.69) is 10.4 Å². The average molecular weight is 347 g/mol. The van der Waals surface area contributed by atoms with E-state index in [-0.39, 0.29) is 29.7 Å². The van der Waals surface area contributed by atoms with Crippen molar-refractivity contribution >= 4 is 23.4 Å². The van der Waals surface area contributed by atoms with E-state index in [4.69, 9.17) is 0 Å². The number of hydrogen-bond donors (Lipinski definition) is 1. The van der Waals surface area contributed by atoms with Gasteiger partial charge in [0, 0.05) is 14.1 Å². The number of carbonyl (C=O) groups excluding carboxylic acids is 1. The van der Waals surface area contributed by atoms with Gasteiger partial charge in [0.2, 0.25) is 4.80 Å². The first-order chi connectivity index (χ1) is 11.5. The van der Waals surface area contributed by atoms with Crippen molar-refractivity contribution in [2.75, 3.05) is 19.5 Å². The van der Waals surface area contributed by atoms with Crippen LogP contribution in [0.15, 0.2) is 34.1 Å². The van der Waals surface area contributed by atoms with Crippen LogP contribution in [0, 0.1) is 5.82 Å². The molecule has 24 heavy (non-hydrogen) atoms. The molecule has 0 radical (unpaired) electrons. The predicted octanol–water partition coefficient (Wildman–Crippen LogP) is -0.296. The molecule has 7 nitrogen and oxygen atoms in total. The van der Waals surface area contributed by atoms with Crippen LogP contribution in [0.4, 0.5) is 9.18 Å². The predicted molar refractivity (Wildman–Crippen MR) is 87.2 cm³/mol. The van der Waals surface area contributed by atoms with Gasteiger partial charge in [-0.1, -0.05) is 23.5 Å². The maximum atomic E-state index is 13.0. The highest BCUT2D eigenvalue weighted by Crippen LogP contribution is 2.20. The normalized spacial score (nSPS) is 23.0. The van der Waals surface area contributed by atoms with Crippen LogP contribution in [0.25, 0.3) is 6.08 Å². The molecule has 0 saturated carbocycles. The zero-order valence-electron chi connectivity index (χ0n) is 12.9. The summed E-state index contributed by atoms with van der Waals surface area (Å²) in [6.45, 7) is 0. The molecule has 2 amide bonds. The first kappa shape index (κ1) is 14.9. The van der Waals surface area contributed by atoms with Crippen molar-refractivity contribution in [3.05, 3.63) is 55.3 Å². The van der Waals surface area contributed by atoms with Gasteiger partial charge in [-0.25, -0.2) is 14.2 Å². The van der Waals surface area contributed by atoms with Crippen molar-refractivity contribution in [2.24, 2.45) is 4.99 Å². The molecular weight excluding hydrogens is 333 g/mol. The Morgan fingerprint density at radius 3 is 2.62 bits per heavy atom. The summed E-state index contributed by atoms with van der Waals surface area (Å²) in [6.07, 6.45) is 0.934. The second kappa shape index (κ2) is 5.17. The number of carbonyl (C=O) groups is 1. The Hall–Kier alpha value is -2.68. The van der Waals surface area contributed by atoms with Crippen LogP contribution in [-0.4, -0.2) is 46.9 Å². The van der Waals surface area contributed by atoms with Gasteiger partial charge < -0.3 is 9.80 Å². The van der Waals surface area contributed by atoms with Crippen molar-refractivity contribution in [3.63, 3.8) is 0 Å². The lowest BCUT2D eigenvalue weighted by Gasteiger charge is -2.26. The minimum atomic E-state index is -0.388. The molecule has 1 fully saturated rings. The first-order valence-electron chi connectivity index (χ1n) is 7.29. The van der Waals surface area contributed by atoms with Crippen molar-refractivity contribution < 1.29 is 9.18 Å². The second-order valence-electron chi connectivity index (χ2n) is 5.71. The molecule has 0 bridgehead atoms. The van der Waals surface area contributed by atoms with E-state index >= 15 is 0 Å². The van der Waals surface area contributed by atoms with E-state index < -0.39 is 0 Å². The number of halogens is 1. The Morgan fingerprint density at radius 2 is 1.92 bits per heavy atom. The molecule has 2 aliphatic rings. The zero-order valence-corrected chi connectivity index (χ0v) is 13.7. The Balaban J connectivity index is 1.82. The minimum Gasteiger partial charge on any atom is -0.302 e. The van der Waals surface area contributed by atoms with Gasteiger partial charge >= 0.3 is 6.03 Å². The lowest BCUT2D eigenvalue weighted by atomic mass is 10.2. The molecule has 2 aliphatic heterocycles. The smallest absolute Gasteiger partial charge is 0.302 e. The van der Waals surface area contributed by atoms with Crippen molar-refractivity contribution in [1.82, 2.24) is 14.5 Å². The van der Waals surface area contributed by atoms with Crippen LogP contribution < -0.4 is 20.3 Å². The fraction of sp³-hybridized carbons (Fsp3) is 0.267. The van der Waals surface area contributed by atoms with Gasteiger partial charge in [-0.15, -0.1) is 0 Å². The summed E-state index contributed by atoms with van der Waals surface area (Å²) in [6, 6.07) is 5.76. The monoisotopic (exact) mass is 347 g/mol. The number of urea groups is 1. The number of aromatic nitrogens is 1. The van der Waals surface area contributed by atoms with Crippen LogP contribution in [-0.2, 0) is 0 Å². The number of thiazole rings is 1. The van der Waals surface area contributed by atoms with Gasteiger partial charge in [0.05, 0.1) is 4.53 Å². The highest BCUT2D eigenvalue weighted by molar-refractivity contribution is 7.07. The lowest BCUT2D eigenvalue weighted by Crippen LogP contribution is -2.54. The van der Waals surface area contributed by atoms with E-state index in [9.17, 15) is 14.0 Å². The molecule has 2 aromatic rings. The third kappa shape index (κ3) is 2.12. The number of amides is 2. The molecule has 1 aromatic carbocycles. The maximum Gasteiger partial charge on any atom is 0.323 e. The average Bonchev–Trinajstić information content (AvgIpc) is 2.99. The fourth-order valence-electron chi connectivity index (χ4n) is 2.83. The quantitative estimate of drug-likeness (QED) is 0.770. The molecule has 1 aromatic heterocycles. The topological polar surface area (TPSA) is 69.9 Å². The van der Waals surface area contributed by atoms with E-state index in [1.165, 1.54) is 37.9 Å². The zero-order chi connectivity index (χ0) is 17.0. The summed E-state index contributed by atoms with van der Waals surface area (Å²) in [5.74, 6) is -0.324. The number of benzene rings is 1. The number of rotatable bonds is 1. The number of likely N-dealkylation sites (N-methyl/N-ethyl adjacent to an activating group) is 2. The SMILES string of the molecule is CN1C(=O)N(C)C2Nn3c(s/c(=C\c4ccc(F)cc4)c3=O)=NC21. The molecule has 1 N–H and O–H groups in total. The molecule has 0 aliphatic carbocycles. The maximum absolute atomic E-state index is 13.0. The molecule has 2 unspecified atom stereocenters. The van der Waals surface area contributed by atoms with E-state index in [1.807, 2.05) is 0 Å². The summed E-state index contributed by atoms with van der Waals surface area (Å²) in [4.78, 5) is 32.7. The van der Waals surface area contributed by atoms with Gasteiger partial charge in [0.25, 0.3) is 5.56 Å². The highest BCUT2D eigenvalue weighted by atomic mass is 32.1. The molecule has 4 rings (SSSR count). The van der Waals surface area contributed by atoms with Gasteiger partial charge in [-0.05, 0) is 23.8 Å². The Labute approximate surface area is 139 Å². The van der Waals surface area contributed by atoms with Crippen LogP contribution in [0.5, 0.6) is 0 Å². The standard InChI is InChI=1S/C15H14FN5O2S/c1-19-11-12(20(2)15(19)23)18-21-13(22)10(24-14(21)17-11)7-8-3-5-9(16)6-4-8/h3-7,11-12,18H,1-2H3/b10-7-. The molecule has 124 valence electrons. The van der Waals surface area contributed by atoms with Crippen molar-refractivity contribution in [2.45, 2.75) is 12.3 Å². The van der Waals surface area contributed by atoms with E-state index in [1.54, 1.807) is 32.3 Å². The van der Waals surface area contributed by atoms with Gasteiger partial charge in [-0.3, -0.25) is 10.2 Å². The molecular formula is C15H14FN5O2S. The molecule has 3 heterocycles. The molecule has 0 spiro atoms. The molecule has 9 heteroatoms. The Kier molecular flexibility index (Phi) is 3.20. The van der Waals surface area contributed by atoms with Crippen LogP contribution in [0.2, 0.25) is 0 Å². The third-order valence-electron chi connectivity index (χ3n) is 4.18. The second-order valence-corrected chi connectivity index (χ2v) is 6.72. The van der Waals surface area contributed by atoms with Crippen molar-refractivity contribution in [1.29, 1.82) is 0 Å². The van der Waals surface area contributed by atoms with E-state index in [0.29, 0.717) is 9.33 Å². The summed E-state index contributed by atoms with van der Waals surface area (Å²) in [5.41, 5.74) is 3.55. The summed E-state index contributed by atoms with van der Waals surface area (Å²) >= 11 is 1.23. The molecule has 2 atom stereocenters. The van der Waals surface area contributed by atoms with Crippen molar-refractivity contribution in [3.8, 4) is 0 Å². The fourth-order valence-corrected chi connectivity index (χ4v) is 3.79. The molecule has 1 saturated heterocycles. The van der Waals surface area contributed by atoms with Gasteiger partial charge in [0.15, 0.2) is 12.3 Å². The first-order valence-corrected chi connectivity index (χ1v) is 8.10. The van der Waals surface area contributed by atoms with Crippen LogP contribution >= 0.6 is 11.3 Å². The van der Waals surface area contributed by atoms with Gasteiger partial charge in [-0.2, -0.15) is 4.68 Å². The number of nitrogens with one attached hydrogen (secondary N) is 1. The third-order valence-corrected chi connectivity index (χ3v) is 5.16.